The van der Waals surface area contributed by atoms with Crippen molar-refractivity contribution in [2.45, 2.75) is 32.8 Å². The monoisotopic (exact) mass is 423 g/mol. The maximum absolute atomic E-state index is 13.1. The van der Waals surface area contributed by atoms with Gasteiger partial charge < -0.3 is 25.4 Å². The molecule has 2 aromatic rings. The number of ether oxygens (including phenoxy) is 2. The Bertz CT molecular complexity index is 986. The van der Waals surface area contributed by atoms with Crippen LogP contribution in [-0.2, 0) is 16.0 Å². The first-order valence-corrected chi connectivity index (χ1v) is 10.6. The Morgan fingerprint density at radius 3 is 2.61 bits per heavy atom. The molecule has 0 radical (unpaired) electrons. The van der Waals surface area contributed by atoms with Crippen LogP contribution in [0.25, 0.3) is 5.57 Å². The summed E-state index contributed by atoms with van der Waals surface area (Å²) in [7, 11) is 0. The predicted octanol–water partition coefficient (Wildman–Crippen LogP) is 2.60. The quantitative estimate of drug-likeness (QED) is 0.713. The van der Waals surface area contributed by atoms with Crippen molar-refractivity contribution in [2.24, 2.45) is 11.7 Å². The first-order chi connectivity index (χ1) is 14.9. The van der Waals surface area contributed by atoms with Gasteiger partial charge in [-0.2, -0.15) is 0 Å². The summed E-state index contributed by atoms with van der Waals surface area (Å²) in [5.41, 5.74) is 8.41. The second-order valence-electron chi connectivity index (χ2n) is 8.43. The Hall–Kier alpha value is -3.13. The zero-order valence-corrected chi connectivity index (χ0v) is 18.2. The van der Waals surface area contributed by atoms with E-state index in [9.17, 15) is 4.79 Å². The number of rotatable bonds is 5. The van der Waals surface area contributed by atoms with Crippen molar-refractivity contribution in [3.8, 4) is 5.75 Å². The van der Waals surface area contributed by atoms with Gasteiger partial charge in [0.2, 0.25) is 0 Å². The van der Waals surface area contributed by atoms with Crippen molar-refractivity contribution in [3.05, 3.63) is 48.2 Å². The topological polar surface area (TPSA) is 103 Å². The molecule has 1 saturated heterocycles. The van der Waals surface area contributed by atoms with E-state index < -0.39 is 0 Å². The number of amides is 1. The van der Waals surface area contributed by atoms with Gasteiger partial charge in [0.1, 0.15) is 11.4 Å². The molecule has 0 bridgehead atoms. The Morgan fingerprint density at radius 2 is 1.97 bits per heavy atom. The van der Waals surface area contributed by atoms with E-state index in [2.05, 4.69) is 41.0 Å². The Morgan fingerprint density at radius 1 is 1.26 bits per heavy atom. The van der Waals surface area contributed by atoms with Crippen molar-refractivity contribution in [2.75, 3.05) is 36.5 Å². The molecule has 8 nitrogen and oxygen atoms in total. The van der Waals surface area contributed by atoms with Crippen LogP contribution in [0.15, 0.2) is 36.8 Å². The number of nitrogens with one attached hydrogen (secondary N) is 1. The fourth-order valence-electron chi connectivity index (χ4n) is 3.88. The summed E-state index contributed by atoms with van der Waals surface area (Å²) in [5, 5.41) is 3.04. The first-order valence-electron chi connectivity index (χ1n) is 10.6. The van der Waals surface area contributed by atoms with Gasteiger partial charge in [0.25, 0.3) is 5.91 Å². The highest BCUT2D eigenvalue weighted by Crippen LogP contribution is 2.44. The van der Waals surface area contributed by atoms with E-state index in [0.29, 0.717) is 19.1 Å². The van der Waals surface area contributed by atoms with Crippen LogP contribution in [0.3, 0.4) is 0 Å². The highest BCUT2D eigenvalue weighted by molar-refractivity contribution is 6.24. The molecule has 1 atom stereocenters. The van der Waals surface area contributed by atoms with E-state index in [0.717, 1.165) is 42.2 Å². The normalized spacial score (nSPS) is 21.0. The maximum atomic E-state index is 13.1. The molecule has 4 rings (SSSR count). The van der Waals surface area contributed by atoms with Crippen LogP contribution in [0.4, 0.5) is 11.4 Å². The van der Waals surface area contributed by atoms with E-state index in [1.807, 2.05) is 12.1 Å². The molecule has 3 heterocycles. The molecule has 1 aromatic carbocycles. The predicted molar refractivity (Wildman–Crippen MR) is 120 cm³/mol. The molecule has 2 aliphatic rings. The summed E-state index contributed by atoms with van der Waals surface area (Å²) in [6.45, 7) is 9.22. The largest absolute Gasteiger partial charge is 0.487 e. The minimum absolute atomic E-state index is 0.220. The molecule has 1 unspecified atom stereocenters. The van der Waals surface area contributed by atoms with Crippen molar-refractivity contribution in [3.63, 3.8) is 0 Å². The fourth-order valence-corrected chi connectivity index (χ4v) is 3.88. The smallest absolute Gasteiger partial charge is 0.261 e. The Kier molecular flexibility index (Phi) is 5.82. The zero-order chi connectivity index (χ0) is 22.0. The minimum atomic E-state index is -0.353. The van der Waals surface area contributed by atoms with Gasteiger partial charge in [-0.15, -0.1) is 0 Å². The number of hydrogen-bond acceptors (Lipinski definition) is 7. The number of benzene rings is 1. The lowest BCUT2D eigenvalue weighted by Gasteiger charge is -2.31. The molecule has 1 aromatic heterocycles. The Balaban J connectivity index is 1.68. The van der Waals surface area contributed by atoms with Crippen LogP contribution in [0, 0.1) is 5.92 Å². The minimum Gasteiger partial charge on any atom is -0.487 e. The number of morpholine rings is 1. The summed E-state index contributed by atoms with van der Waals surface area (Å²) in [5.74, 6) is 1.16. The highest BCUT2D eigenvalue weighted by atomic mass is 16.5. The van der Waals surface area contributed by atoms with Crippen LogP contribution < -0.4 is 20.7 Å². The molecule has 0 aliphatic carbocycles. The van der Waals surface area contributed by atoms with Crippen LogP contribution in [0.2, 0.25) is 0 Å². The molecule has 3 N–H and O–H groups in total. The molecule has 1 amide bonds. The number of hydrogen-bond donors (Lipinski definition) is 2. The van der Waals surface area contributed by atoms with Gasteiger partial charge in [0.15, 0.2) is 5.82 Å². The summed E-state index contributed by atoms with van der Waals surface area (Å²) >= 11 is 0. The summed E-state index contributed by atoms with van der Waals surface area (Å²) < 4.78 is 11.9. The van der Waals surface area contributed by atoms with Gasteiger partial charge in [0, 0.05) is 49.7 Å². The molecule has 1 fully saturated rings. The number of nitrogens with zero attached hydrogens (tertiary/aromatic N) is 3. The van der Waals surface area contributed by atoms with E-state index in [1.54, 1.807) is 18.5 Å². The van der Waals surface area contributed by atoms with Gasteiger partial charge in [-0.3, -0.25) is 4.79 Å². The van der Waals surface area contributed by atoms with Gasteiger partial charge in [0.05, 0.1) is 30.2 Å². The van der Waals surface area contributed by atoms with Crippen LogP contribution in [0.5, 0.6) is 5.75 Å². The van der Waals surface area contributed by atoms with Crippen molar-refractivity contribution in [1.82, 2.24) is 9.97 Å². The maximum Gasteiger partial charge on any atom is 0.261 e. The lowest BCUT2D eigenvalue weighted by Crippen LogP contribution is -2.37. The lowest BCUT2D eigenvalue weighted by atomic mass is 9.88. The molecular formula is C23H29N5O3. The third-order valence-corrected chi connectivity index (χ3v) is 6.10. The molecule has 8 heteroatoms. The third kappa shape index (κ3) is 4.20. The molecule has 0 saturated carbocycles. The zero-order valence-electron chi connectivity index (χ0n) is 18.2. The molecule has 2 aliphatic heterocycles. The summed E-state index contributed by atoms with van der Waals surface area (Å²) in [4.78, 5) is 23.6. The van der Waals surface area contributed by atoms with Crippen LogP contribution in [0.1, 0.15) is 32.2 Å². The highest BCUT2D eigenvalue weighted by Gasteiger charge is 2.38. The Labute approximate surface area is 182 Å². The SMILES string of the molecule is CC(C)C1(C)Cc2cc(NC(=O)C(=CN)c3ncccn3)c(N3CCOCC3)cc2O1. The van der Waals surface area contributed by atoms with Gasteiger partial charge in [-0.05, 0) is 25.0 Å². The fraction of sp³-hybridized carbons (Fsp3) is 0.435. The first kappa shape index (κ1) is 21.1. The molecule has 0 spiro atoms. The van der Waals surface area contributed by atoms with E-state index in [4.69, 9.17) is 15.2 Å². The van der Waals surface area contributed by atoms with Crippen LogP contribution in [-0.4, -0.2) is 47.8 Å². The van der Waals surface area contributed by atoms with Crippen molar-refractivity contribution < 1.29 is 14.3 Å². The van der Waals surface area contributed by atoms with Crippen LogP contribution >= 0.6 is 0 Å². The van der Waals surface area contributed by atoms with Gasteiger partial charge in [-0.25, -0.2) is 9.97 Å². The lowest BCUT2D eigenvalue weighted by molar-refractivity contribution is -0.111. The van der Waals surface area contributed by atoms with Crippen molar-refractivity contribution >= 4 is 22.9 Å². The van der Waals surface area contributed by atoms with Crippen molar-refractivity contribution in [1.29, 1.82) is 0 Å². The van der Waals surface area contributed by atoms with E-state index in [1.165, 1.54) is 6.20 Å². The number of carbonyl (C=O) groups is 1. The standard InChI is InChI=1S/C23H29N5O3/c1-15(2)23(3)13-16-11-18(19(12-20(16)31-23)28-7-9-30-10-8-28)27-22(29)17(14-24)21-25-5-4-6-26-21/h4-6,11-12,14-15H,7-10,13,24H2,1-3H3,(H,27,29). The van der Waals surface area contributed by atoms with Gasteiger partial charge in [-0.1, -0.05) is 13.8 Å². The number of carbonyl (C=O) groups excluding carboxylic acids is 1. The average molecular weight is 424 g/mol. The second kappa shape index (κ2) is 8.55. The van der Waals surface area contributed by atoms with Gasteiger partial charge >= 0.3 is 0 Å². The number of aromatic nitrogens is 2. The second-order valence-corrected chi connectivity index (χ2v) is 8.43. The molecule has 31 heavy (non-hydrogen) atoms. The number of nitrogens with two attached hydrogens (primary N) is 1. The number of anilines is 2. The third-order valence-electron chi connectivity index (χ3n) is 6.10. The number of fused-ring (bicyclic) bond motifs is 1. The van der Waals surface area contributed by atoms with E-state index >= 15 is 0 Å². The molecular weight excluding hydrogens is 394 g/mol. The molecule has 164 valence electrons. The van der Waals surface area contributed by atoms with E-state index in [-0.39, 0.29) is 22.9 Å². The summed E-state index contributed by atoms with van der Waals surface area (Å²) in [6, 6.07) is 5.75. The summed E-state index contributed by atoms with van der Waals surface area (Å²) in [6.07, 6.45) is 5.19. The average Bonchev–Trinajstić information content (AvgIpc) is 3.11.